The first-order valence-corrected chi connectivity index (χ1v) is 12.8. The molecule has 35 heavy (non-hydrogen) atoms. The highest BCUT2D eigenvalue weighted by Crippen LogP contribution is 2.38. The van der Waals surface area contributed by atoms with Crippen LogP contribution in [0.25, 0.3) is 26.8 Å². The highest BCUT2D eigenvalue weighted by atomic mass is 32.2. The van der Waals surface area contributed by atoms with Crippen molar-refractivity contribution in [3.8, 4) is 26.8 Å². The summed E-state index contributed by atoms with van der Waals surface area (Å²) in [7, 11) is -3.48. The van der Waals surface area contributed by atoms with E-state index in [4.69, 9.17) is 0 Å². The summed E-state index contributed by atoms with van der Waals surface area (Å²) in [6.45, 7) is 4.48. The molecule has 0 N–H and O–H groups in total. The van der Waals surface area contributed by atoms with Crippen molar-refractivity contribution >= 4 is 27.0 Å². The van der Waals surface area contributed by atoms with Crippen molar-refractivity contribution in [2.75, 3.05) is 0 Å². The maximum absolute atomic E-state index is 13.7. The number of hydrogen-bond donors (Lipinski definition) is 0. The number of hydrogen-bond acceptors (Lipinski definition) is 6. The van der Waals surface area contributed by atoms with E-state index in [-0.39, 0.29) is 16.3 Å². The van der Waals surface area contributed by atoms with Crippen LogP contribution in [0.2, 0.25) is 0 Å². The largest absolute Gasteiger partial charge is 0.420 e. The van der Waals surface area contributed by atoms with Gasteiger partial charge in [0.15, 0.2) is 21.4 Å². The summed E-state index contributed by atoms with van der Waals surface area (Å²) in [4.78, 5) is 17.3. The van der Waals surface area contributed by atoms with E-state index in [9.17, 15) is 26.4 Å². The molecule has 0 amide bonds. The summed E-state index contributed by atoms with van der Waals surface area (Å²) < 4.78 is 67.2. The van der Waals surface area contributed by atoms with Crippen molar-refractivity contribution in [3.05, 3.63) is 72.1 Å². The fraction of sp³-hybridized carbons (Fsp3) is 0.208. The van der Waals surface area contributed by atoms with Crippen LogP contribution >= 0.6 is 11.3 Å². The fourth-order valence-electron chi connectivity index (χ4n) is 3.41. The molecule has 0 aliphatic rings. The number of aromatic nitrogens is 3. The van der Waals surface area contributed by atoms with Crippen LogP contribution in [0.4, 0.5) is 13.2 Å². The zero-order valence-electron chi connectivity index (χ0n) is 18.9. The van der Waals surface area contributed by atoms with Gasteiger partial charge in [-0.25, -0.2) is 18.1 Å². The van der Waals surface area contributed by atoms with Crippen LogP contribution in [0.3, 0.4) is 0 Å². The van der Waals surface area contributed by atoms with Gasteiger partial charge in [0, 0.05) is 18.0 Å². The van der Waals surface area contributed by atoms with E-state index >= 15 is 0 Å². The van der Waals surface area contributed by atoms with E-state index in [0.717, 1.165) is 10.7 Å². The second kappa shape index (κ2) is 9.04. The Kier molecular flexibility index (Phi) is 6.41. The Bertz CT molecular complexity index is 1520. The molecule has 3 heterocycles. The molecule has 0 fully saturated rings. The van der Waals surface area contributed by atoms with Crippen LogP contribution in [-0.2, 0) is 16.0 Å². The molecule has 0 saturated carbocycles. The number of thiophene rings is 1. The number of ketones is 1. The lowest BCUT2D eigenvalue weighted by Gasteiger charge is -2.13. The van der Waals surface area contributed by atoms with Crippen molar-refractivity contribution < 1.29 is 26.4 Å². The molecule has 0 radical (unpaired) electrons. The van der Waals surface area contributed by atoms with E-state index in [0.29, 0.717) is 15.3 Å². The average molecular weight is 520 g/mol. The summed E-state index contributed by atoms with van der Waals surface area (Å²) in [6.07, 6.45) is -3.45. The molecule has 0 unspecified atom stereocenters. The van der Waals surface area contributed by atoms with E-state index in [2.05, 4.69) is 10.1 Å². The average Bonchev–Trinajstić information content (AvgIpc) is 3.46. The number of benzene rings is 1. The minimum absolute atomic E-state index is 0.00116. The lowest BCUT2D eigenvalue weighted by Crippen LogP contribution is -2.14. The van der Waals surface area contributed by atoms with Gasteiger partial charge < -0.3 is 0 Å². The Morgan fingerprint density at radius 3 is 2.40 bits per heavy atom. The summed E-state index contributed by atoms with van der Waals surface area (Å²) in [5.74, 6) is -0.847. The lowest BCUT2D eigenvalue weighted by atomic mass is 10.2. The maximum atomic E-state index is 13.7. The maximum Gasteiger partial charge on any atom is 0.420 e. The normalized spacial score (nSPS) is 12.3. The molecule has 6 nitrogen and oxygen atoms in total. The number of pyridine rings is 1. The van der Waals surface area contributed by atoms with Gasteiger partial charge in [-0.2, -0.15) is 18.3 Å². The SMILES string of the molecule is CC(=O)c1cc(-c2ccc(-c3cccc(S(=O)(=O)C(C)C)c3)s2)n(-c2ncccc2C(F)(F)F)n1. The molecular weight excluding hydrogens is 499 g/mol. The first kappa shape index (κ1) is 24.8. The minimum Gasteiger partial charge on any atom is -0.293 e. The number of nitrogens with zero attached hydrogens (tertiary/aromatic N) is 3. The third kappa shape index (κ3) is 4.78. The second-order valence-electron chi connectivity index (χ2n) is 8.04. The molecule has 0 aliphatic heterocycles. The Morgan fingerprint density at radius 2 is 1.74 bits per heavy atom. The third-order valence-electron chi connectivity index (χ3n) is 5.29. The number of carbonyl (C=O) groups is 1. The standard InChI is InChI=1S/C24H20F3N3O3S2/c1-14(2)35(32,33)17-7-4-6-16(12-17)21-9-10-22(34-21)20-13-19(15(3)31)29-30(20)23-18(24(25,26)27)8-5-11-28-23/h4-14H,1-3H3. The highest BCUT2D eigenvalue weighted by molar-refractivity contribution is 7.92. The van der Waals surface area contributed by atoms with Gasteiger partial charge in [-0.1, -0.05) is 12.1 Å². The van der Waals surface area contributed by atoms with Gasteiger partial charge in [-0.05, 0) is 61.9 Å². The number of alkyl halides is 3. The van der Waals surface area contributed by atoms with Crippen LogP contribution in [0.5, 0.6) is 0 Å². The van der Waals surface area contributed by atoms with Crippen molar-refractivity contribution in [2.45, 2.75) is 37.1 Å². The molecule has 0 bridgehead atoms. The van der Waals surface area contributed by atoms with E-state index in [1.807, 2.05) is 0 Å². The van der Waals surface area contributed by atoms with Gasteiger partial charge in [0.1, 0.15) is 11.3 Å². The van der Waals surface area contributed by atoms with Crippen LogP contribution in [0.1, 0.15) is 36.8 Å². The van der Waals surface area contributed by atoms with Gasteiger partial charge in [0.05, 0.1) is 20.7 Å². The first-order chi connectivity index (χ1) is 16.4. The molecule has 4 aromatic rings. The zero-order valence-corrected chi connectivity index (χ0v) is 20.5. The van der Waals surface area contributed by atoms with Gasteiger partial charge in [0.25, 0.3) is 0 Å². The monoisotopic (exact) mass is 519 g/mol. The third-order valence-corrected chi connectivity index (χ3v) is 8.60. The highest BCUT2D eigenvalue weighted by Gasteiger charge is 2.35. The zero-order chi connectivity index (χ0) is 25.5. The number of halogens is 3. The van der Waals surface area contributed by atoms with Gasteiger partial charge in [0.2, 0.25) is 0 Å². The molecule has 0 aliphatic carbocycles. The van der Waals surface area contributed by atoms with Gasteiger partial charge in [-0.3, -0.25) is 4.79 Å². The topological polar surface area (TPSA) is 81.9 Å². The molecule has 0 spiro atoms. The second-order valence-corrected chi connectivity index (χ2v) is 11.6. The molecular formula is C24H20F3N3O3S2. The number of carbonyl (C=O) groups excluding carboxylic acids is 1. The smallest absolute Gasteiger partial charge is 0.293 e. The summed E-state index contributed by atoms with van der Waals surface area (Å²) >= 11 is 1.24. The fourth-order valence-corrected chi connectivity index (χ4v) is 5.51. The summed E-state index contributed by atoms with van der Waals surface area (Å²) in [6, 6.07) is 13.5. The van der Waals surface area contributed by atoms with Crippen molar-refractivity contribution in [3.63, 3.8) is 0 Å². The van der Waals surface area contributed by atoms with E-state index in [1.54, 1.807) is 44.2 Å². The van der Waals surface area contributed by atoms with Crippen LogP contribution < -0.4 is 0 Å². The van der Waals surface area contributed by atoms with E-state index < -0.39 is 38.4 Å². The molecule has 3 aromatic heterocycles. The Balaban J connectivity index is 1.84. The Hall–Kier alpha value is -3.31. The predicted octanol–water partition coefficient (Wildman–Crippen LogP) is 6.07. The summed E-state index contributed by atoms with van der Waals surface area (Å²) in [5, 5.41) is 3.52. The number of sulfone groups is 1. The van der Waals surface area contributed by atoms with Crippen molar-refractivity contribution in [2.24, 2.45) is 0 Å². The minimum atomic E-state index is -4.67. The molecule has 4 rings (SSSR count). The molecule has 182 valence electrons. The lowest BCUT2D eigenvalue weighted by molar-refractivity contribution is -0.137. The molecule has 0 saturated heterocycles. The van der Waals surface area contributed by atoms with Gasteiger partial charge in [-0.15, -0.1) is 11.3 Å². The molecule has 1 aromatic carbocycles. The Labute approximate surface area is 204 Å². The Morgan fingerprint density at radius 1 is 1.03 bits per heavy atom. The van der Waals surface area contributed by atoms with Crippen LogP contribution in [-0.4, -0.2) is 34.2 Å². The van der Waals surface area contributed by atoms with Crippen LogP contribution in [0.15, 0.2) is 65.7 Å². The van der Waals surface area contributed by atoms with E-state index in [1.165, 1.54) is 42.7 Å². The predicted molar refractivity (Wildman–Crippen MR) is 127 cm³/mol. The summed E-state index contributed by atoms with van der Waals surface area (Å²) in [5.41, 5.74) is -0.0715. The number of rotatable bonds is 6. The van der Waals surface area contributed by atoms with Crippen LogP contribution in [0, 0.1) is 0 Å². The quantitative estimate of drug-likeness (QED) is 0.289. The van der Waals surface area contributed by atoms with Crippen molar-refractivity contribution in [1.82, 2.24) is 14.8 Å². The molecule has 11 heteroatoms. The molecule has 0 atom stereocenters. The van der Waals surface area contributed by atoms with Crippen molar-refractivity contribution in [1.29, 1.82) is 0 Å². The number of Topliss-reactive ketones (excluding diaryl/α,β-unsaturated/α-hetero) is 1. The first-order valence-electron chi connectivity index (χ1n) is 10.5. The van der Waals surface area contributed by atoms with Gasteiger partial charge >= 0.3 is 6.18 Å².